The van der Waals surface area contributed by atoms with E-state index in [0.717, 1.165) is 67.1 Å². The molecule has 0 saturated heterocycles. The highest BCUT2D eigenvalue weighted by molar-refractivity contribution is 5.79. The lowest BCUT2D eigenvalue weighted by Gasteiger charge is -2.31. The minimum atomic E-state index is -0.240. The third kappa shape index (κ3) is 5.30. The number of hydrazine groups is 1. The molecule has 0 aliphatic carbocycles. The number of fused-ring (bicyclic) bond motifs is 2. The number of hydrogen-bond donors (Lipinski definition) is 0. The Morgan fingerprint density at radius 1 is 0.619 bits per heavy atom. The molecule has 0 aromatic heterocycles. The second kappa shape index (κ2) is 11.2. The summed E-state index contributed by atoms with van der Waals surface area (Å²) in [7, 11) is 4.06. The van der Waals surface area contributed by atoms with Gasteiger partial charge in [0.25, 0.3) is 0 Å². The molecule has 2 unspecified atom stereocenters. The maximum atomic E-state index is 14.7. The Labute approximate surface area is 247 Å². The molecule has 0 N–H and O–H groups in total. The van der Waals surface area contributed by atoms with Crippen LogP contribution in [0.15, 0.2) is 60.7 Å². The fourth-order valence-electron chi connectivity index (χ4n) is 6.71. The van der Waals surface area contributed by atoms with Gasteiger partial charge in [-0.15, -0.1) is 0 Å². The third-order valence-electron chi connectivity index (χ3n) is 8.74. The van der Waals surface area contributed by atoms with E-state index in [2.05, 4.69) is 62.0 Å². The van der Waals surface area contributed by atoms with Crippen LogP contribution >= 0.6 is 0 Å². The predicted molar refractivity (Wildman–Crippen MR) is 164 cm³/mol. The van der Waals surface area contributed by atoms with Gasteiger partial charge in [0.2, 0.25) is 0 Å². The molecule has 2 aliphatic rings. The molecular weight excluding hydrogens is 530 g/mol. The summed E-state index contributed by atoms with van der Waals surface area (Å²) >= 11 is 0. The van der Waals surface area contributed by atoms with E-state index in [1.807, 2.05) is 26.2 Å². The second-order valence-corrected chi connectivity index (χ2v) is 12.0. The molecule has 0 saturated carbocycles. The van der Waals surface area contributed by atoms with Gasteiger partial charge in [0.1, 0.15) is 35.3 Å². The number of halogens is 2. The Balaban J connectivity index is 1.15. The molecule has 4 aromatic carbocycles. The van der Waals surface area contributed by atoms with Crippen LogP contribution in [0, 0.1) is 39.3 Å². The van der Waals surface area contributed by atoms with Gasteiger partial charge < -0.3 is 9.47 Å². The monoisotopic (exact) mass is 568 g/mol. The van der Waals surface area contributed by atoms with Crippen molar-refractivity contribution >= 4 is 0 Å². The zero-order chi connectivity index (χ0) is 29.7. The van der Waals surface area contributed by atoms with E-state index in [-0.39, 0.29) is 23.8 Å². The van der Waals surface area contributed by atoms with Crippen LogP contribution in [-0.4, -0.2) is 49.4 Å². The van der Waals surface area contributed by atoms with Crippen LogP contribution in [0.4, 0.5) is 8.78 Å². The Morgan fingerprint density at radius 3 is 1.33 bits per heavy atom. The number of rotatable bonds is 7. The maximum Gasteiger partial charge on any atom is 0.131 e. The van der Waals surface area contributed by atoms with E-state index in [1.54, 1.807) is 24.3 Å². The van der Waals surface area contributed by atoms with Crippen LogP contribution < -0.4 is 9.47 Å². The summed E-state index contributed by atoms with van der Waals surface area (Å²) in [6.07, 6.45) is 1.08. The molecule has 0 radical (unpaired) electrons. The zero-order valence-electron chi connectivity index (χ0n) is 25.2. The first-order valence-corrected chi connectivity index (χ1v) is 14.6. The van der Waals surface area contributed by atoms with Gasteiger partial charge in [-0.3, -0.25) is 0 Å². The highest BCUT2D eigenvalue weighted by Crippen LogP contribution is 2.43. The summed E-state index contributed by atoms with van der Waals surface area (Å²) < 4.78 is 42.4. The lowest BCUT2D eigenvalue weighted by molar-refractivity contribution is -0.0221. The summed E-state index contributed by atoms with van der Waals surface area (Å²) in [4.78, 5) is 0. The molecule has 0 bridgehead atoms. The quantitative estimate of drug-likeness (QED) is 0.214. The van der Waals surface area contributed by atoms with E-state index >= 15 is 0 Å². The molecule has 42 heavy (non-hydrogen) atoms. The molecule has 4 aromatic rings. The average Bonchev–Trinajstić information content (AvgIpc) is 3.51. The summed E-state index contributed by atoms with van der Waals surface area (Å²) in [5.74, 6) is 1.09. The van der Waals surface area contributed by atoms with Crippen molar-refractivity contribution in [3.05, 3.63) is 106 Å². The number of hydrogen-bond acceptors (Lipinski definition) is 4. The molecule has 2 heterocycles. The van der Waals surface area contributed by atoms with E-state index in [1.165, 1.54) is 0 Å². The Kier molecular flexibility index (Phi) is 7.54. The minimum Gasteiger partial charge on any atom is -0.488 e. The molecule has 0 spiro atoms. The van der Waals surface area contributed by atoms with Gasteiger partial charge in [-0.2, -0.15) is 0 Å². The van der Waals surface area contributed by atoms with Crippen molar-refractivity contribution in [2.45, 2.75) is 52.7 Å². The molecule has 4 nitrogen and oxygen atoms in total. The van der Waals surface area contributed by atoms with Gasteiger partial charge in [0.15, 0.2) is 0 Å². The van der Waals surface area contributed by atoms with Crippen LogP contribution in [0.3, 0.4) is 0 Å². The first kappa shape index (κ1) is 28.4. The fraction of sp³-hybridized carbons (Fsp3) is 0.333. The van der Waals surface area contributed by atoms with Crippen molar-refractivity contribution in [1.29, 1.82) is 0 Å². The molecular formula is C36H38F2N2O2. The SMILES string of the molecule is Cc1cccc(C)c1-c1cc(F)cc2c1OC(CN(C)N(C)CC1Cc3cc(F)cc(-c4c(C)cccc4C)c3O1)C2. The summed E-state index contributed by atoms with van der Waals surface area (Å²) in [6, 6.07) is 18.7. The van der Waals surface area contributed by atoms with Crippen LogP contribution in [0.25, 0.3) is 22.3 Å². The van der Waals surface area contributed by atoms with Gasteiger partial charge in [-0.1, -0.05) is 36.4 Å². The van der Waals surface area contributed by atoms with E-state index in [0.29, 0.717) is 25.9 Å². The van der Waals surface area contributed by atoms with Crippen molar-refractivity contribution in [3.63, 3.8) is 0 Å². The van der Waals surface area contributed by atoms with Crippen LogP contribution in [0.5, 0.6) is 11.5 Å². The van der Waals surface area contributed by atoms with E-state index < -0.39 is 0 Å². The van der Waals surface area contributed by atoms with Crippen molar-refractivity contribution in [1.82, 2.24) is 10.0 Å². The van der Waals surface area contributed by atoms with E-state index in [9.17, 15) is 8.78 Å². The van der Waals surface area contributed by atoms with Gasteiger partial charge in [-0.25, -0.2) is 18.8 Å². The van der Waals surface area contributed by atoms with Gasteiger partial charge in [0.05, 0.1) is 13.1 Å². The van der Waals surface area contributed by atoms with Crippen molar-refractivity contribution < 1.29 is 18.3 Å². The van der Waals surface area contributed by atoms with Crippen molar-refractivity contribution in [2.24, 2.45) is 0 Å². The summed E-state index contributed by atoms with van der Waals surface area (Å²) in [5.41, 5.74) is 9.94. The van der Waals surface area contributed by atoms with Crippen LogP contribution in [0.1, 0.15) is 33.4 Å². The summed E-state index contributed by atoms with van der Waals surface area (Å²) in [5, 5.41) is 4.26. The average molecular weight is 569 g/mol. The number of likely N-dealkylation sites (N-methyl/N-ethyl adjacent to an activating group) is 2. The smallest absolute Gasteiger partial charge is 0.131 e. The maximum absolute atomic E-state index is 14.7. The molecule has 2 atom stereocenters. The lowest BCUT2D eigenvalue weighted by atomic mass is 9.93. The summed E-state index contributed by atoms with van der Waals surface area (Å²) in [6.45, 7) is 9.49. The fourth-order valence-corrected chi connectivity index (χ4v) is 6.71. The third-order valence-corrected chi connectivity index (χ3v) is 8.74. The first-order valence-electron chi connectivity index (χ1n) is 14.6. The number of aryl methyl sites for hydroxylation is 4. The standard InChI is InChI=1S/C36H38F2N2O2/c1-21-9-7-10-22(2)33(21)31-17-27(37)13-25-15-29(41-35(25)31)19-39(5)40(6)20-30-16-26-14-28(38)18-32(36(26)42-30)34-23(3)11-8-12-24(34)4/h7-14,17-18,29-30H,15-16,19-20H2,1-6H3. The number of benzene rings is 4. The predicted octanol–water partition coefficient (Wildman–Crippen LogP) is 7.62. The highest BCUT2D eigenvalue weighted by Gasteiger charge is 2.32. The molecule has 0 amide bonds. The number of ether oxygens (including phenoxy) is 2. The molecule has 6 rings (SSSR count). The normalized spacial score (nSPS) is 17.4. The molecule has 2 aliphatic heterocycles. The second-order valence-electron chi connectivity index (χ2n) is 12.0. The van der Waals surface area contributed by atoms with Crippen molar-refractivity contribution in [3.8, 4) is 33.8 Å². The Bertz CT molecular complexity index is 1500. The minimum absolute atomic E-state index is 0.108. The van der Waals surface area contributed by atoms with E-state index in [4.69, 9.17) is 9.47 Å². The number of nitrogens with zero attached hydrogens (tertiary/aromatic N) is 2. The zero-order valence-corrected chi connectivity index (χ0v) is 25.2. The van der Waals surface area contributed by atoms with Crippen molar-refractivity contribution in [2.75, 3.05) is 27.2 Å². The Morgan fingerprint density at radius 2 is 0.976 bits per heavy atom. The van der Waals surface area contributed by atoms with Crippen LogP contribution in [0.2, 0.25) is 0 Å². The first-order chi connectivity index (χ1) is 20.1. The highest BCUT2D eigenvalue weighted by atomic mass is 19.1. The molecule has 218 valence electrons. The molecule has 6 heteroatoms. The van der Waals surface area contributed by atoms with Crippen LogP contribution in [-0.2, 0) is 12.8 Å². The largest absolute Gasteiger partial charge is 0.488 e. The topological polar surface area (TPSA) is 24.9 Å². The Hall–Kier alpha value is -3.74. The lowest BCUT2D eigenvalue weighted by Crippen LogP contribution is -2.46. The van der Waals surface area contributed by atoms with Gasteiger partial charge in [0, 0.05) is 49.2 Å². The van der Waals surface area contributed by atoms with Gasteiger partial charge >= 0.3 is 0 Å². The molecule has 0 fully saturated rings. The van der Waals surface area contributed by atoms with Gasteiger partial charge in [-0.05, 0) is 85.3 Å².